The van der Waals surface area contributed by atoms with Crippen molar-refractivity contribution in [2.75, 3.05) is 0 Å². The Balaban J connectivity index is 1.97. The number of rotatable bonds is 6. The lowest BCUT2D eigenvalue weighted by Crippen LogP contribution is -2.51. The fraction of sp³-hybridized carbons (Fsp3) is 0.769. The first kappa shape index (κ1) is 16.0. The average Bonchev–Trinajstić information content (AvgIpc) is 3.23. The van der Waals surface area contributed by atoms with E-state index in [1.807, 2.05) is 0 Å². The van der Waals surface area contributed by atoms with E-state index in [4.69, 9.17) is 15.9 Å². The van der Waals surface area contributed by atoms with Crippen molar-refractivity contribution < 1.29 is 20.1 Å². The first-order valence-electron chi connectivity index (χ1n) is 7.19. The number of hydrogen-bond donors (Lipinski definition) is 7. The van der Waals surface area contributed by atoms with Crippen molar-refractivity contribution in [3.63, 3.8) is 0 Å². The first-order valence-corrected chi connectivity index (χ1v) is 7.19. The Hall–Kier alpha value is -1.35. The molecular weight excluding hydrogens is 276 g/mol. The summed E-state index contributed by atoms with van der Waals surface area (Å²) in [6, 6.07) is 0.509. The summed E-state index contributed by atoms with van der Waals surface area (Å²) in [5, 5.41) is 42.8. The zero-order valence-electron chi connectivity index (χ0n) is 12.0. The van der Waals surface area contributed by atoms with E-state index in [0.717, 1.165) is 12.6 Å². The van der Waals surface area contributed by atoms with Crippen LogP contribution in [0.25, 0.3) is 0 Å². The standard InChI is InChI=1S/C13H24N4O4/c1-2-9(18)12(15)17-8-3-6-7(16-6)4-11(8)21-13(20)10(19)5-14/h5-9,11,13,16,18-20H,2-4,14H2,1H3,(H2,15,17)/b10-5+. The van der Waals surface area contributed by atoms with Crippen molar-refractivity contribution in [1.29, 1.82) is 5.41 Å². The Labute approximate surface area is 123 Å². The molecule has 0 spiro atoms. The van der Waals surface area contributed by atoms with Crippen LogP contribution in [0.1, 0.15) is 26.2 Å². The zero-order chi connectivity index (χ0) is 15.6. The fourth-order valence-electron chi connectivity index (χ4n) is 2.64. The molecule has 0 bridgehead atoms. The molecule has 2 fully saturated rings. The normalized spacial score (nSPS) is 34.7. The molecule has 1 saturated carbocycles. The Morgan fingerprint density at radius 3 is 2.76 bits per heavy atom. The summed E-state index contributed by atoms with van der Waals surface area (Å²) in [6.07, 6.45) is 0.0243. The molecule has 1 aliphatic carbocycles. The van der Waals surface area contributed by atoms with Gasteiger partial charge in [0, 0.05) is 18.3 Å². The number of nitrogens with one attached hydrogen (secondary N) is 3. The van der Waals surface area contributed by atoms with Crippen molar-refractivity contribution in [2.45, 2.75) is 62.8 Å². The van der Waals surface area contributed by atoms with Gasteiger partial charge in [0.1, 0.15) is 11.9 Å². The summed E-state index contributed by atoms with van der Waals surface area (Å²) >= 11 is 0. The Morgan fingerprint density at radius 2 is 2.14 bits per heavy atom. The third kappa shape index (κ3) is 3.85. The highest BCUT2D eigenvalue weighted by atomic mass is 16.6. The maximum absolute atomic E-state index is 9.71. The maximum atomic E-state index is 9.71. The fourth-order valence-corrected chi connectivity index (χ4v) is 2.64. The van der Waals surface area contributed by atoms with Crippen LogP contribution in [0, 0.1) is 5.41 Å². The summed E-state index contributed by atoms with van der Waals surface area (Å²) in [5.41, 5.74) is 5.14. The van der Waals surface area contributed by atoms with Crippen LogP contribution in [0.4, 0.5) is 0 Å². The van der Waals surface area contributed by atoms with Crippen molar-refractivity contribution in [2.24, 2.45) is 5.73 Å². The highest BCUT2D eigenvalue weighted by Crippen LogP contribution is 2.32. The van der Waals surface area contributed by atoms with E-state index in [1.165, 1.54) is 0 Å². The third-order valence-corrected chi connectivity index (χ3v) is 4.04. The first-order chi connectivity index (χ1) is 9.96. The molecule has 0 aromatic heterocycles. The van der Waals surface area contributed by atoms with E-state index < -0.39 is 18.2 Å². The molecule has 1 saturated heterocycles. The zero-order valence-corrected chi connectivity index (χ0v) is 12.0. The molecule has 1 heterocycles. The third-order valence-electron chi connectivity index (χ3n) is 4.04. The van der Waals surface area contributed by atoms with Gasteiger partial charge in [0.2, 0.25) is 6.29 Å². The topological polar surface area (TPSA) is 154 Å². The van der Waals surface area contributed by atoms with E-state index in [0.29, 0.717) is 24.9 Å². The summed E-state index contributed by atoms with van der Waals surface area (Å²) in [6.45, 7) is 1.79. The highest BCUT2D eigenvalue weighted by molar-refractivity contribution is 5.83. The summed E-state index contributed by atoms with van der Waals surface area (Å²) in [7, 11) is 0. The number of aliphatic hydroxyl groups excluding tert-OH is 3. The predicted molar refractivity (Wildman–Crippen MR) is 76.7 cm³/mol. The molecule has 6 unspecified atom stereocenters. The summed E-state index contributed by atoms with van der Waals surface area (Å²) in [5.74, 6) is -0.397. The Bertz CT molecular complexity index is 417. The van der Waals surface area contributed by atoms with Crippen molar-refractivity contribution in [3.8, 4) is 0 Å². The smallest absolute Gasteiger partial charge is 0.215 e. The van der Waals surface area contributed by atoms with Crippen molar-refractivity contribution >= 4 is 5.84 Å². The van der Waals surface area contributed by atoms with Gasteiger partial charge in [-0.1, -0.05) is 6.92 Å². The van der Waals surface area contributed by atoms with Crippen LogP contribution in [0.15, 0.2) is 12.0 Å². The largest absolute Gasteiger partial charge is 0.506 e. The number of ether oxygens (including phenoxy) is 1. The van der Waals surface area contributed by atoms with Gasteiger partial charge in [0.25, 0.3) is 0 Å². The van der Waals surface area contributed by atoms with Crippen LogP contribution in [0.3, 0.4) is 0 Å². The van der Waals surface area contributed by atoms with Crippen molar-refractivity contribution in [1.82, 2.24) is 10.6 Å². The molecule has 0 radical (unpaired) electrons. The van der Waals surface area contributed by atoms with E-state index in [2.05, 4.69) is 10.6 Å². The number of fused-ring (bicyclic) bond motifs is 1. The number of aliphatic hydroxyl groups is 3. The predicted octanol–water partition coefficient (Wildman–Crippen LogP) is -1.11. The van der Waals surface area contributed by atoms with Gasteiger partial charge < -0.3 is 36.4 Å². The van der Waals surface area contributed by atoms with Gasteiger partial charge >= 0.3 is 0 Å². The SMILES string of the molecule is CCC(O)C(=N)NC1CC2NC2CC1OC(O)/C(O)=C\N. The second-order valence-electron chi connectivity index (χ2n) is 5.56. The van der Waals surface area contributed by atoms with Gasteiger partial charge in [-0.05, 0) is 19.3 Å². The monoisotopic (exact) mass is 300 g/mol. The van der Waals surface area contributed by atoms with Crippen LogP contribution in [-0.2, 0) is 4.74 Å². The summed E-state index contributed by atoms with van der Waals surface area (Å²) in [4.78, 5) is 0. The number of hydrogen-bond acceptors (Lipinski definition) is 7. The van der Waals surface area contributed by atoms with E-state index >= 15 is 0 Å². The maximum Gasteiger partial charge on any atom is 0.215 e. The van der Waals surface area contributed by atoms with E-state index in [9.17, 15) is 15.3 Å². The van der Waals surface area contributed by atoms with Crippen LogP contribution in [0.2, 0.25) is 0 Å². The van der Waals surface area contributed by atoms with Crippen LogP contribution in [-0.4, -0.2) is 57.8 Å². The van der Waals surface area contributed by atoms with Crippen LogP contribution < -0.4 is 16.4 Å². The molecule has 6 atom stereocenters. The molecule has 8 heteroatoms. The quantitative estimate of drug-likeness (QED) is 0.108. The average molecular weight is 300 g/mol. The Kier molecular flexibility index (Phi) is 5.04. The second-order valence-corrected chi connectivity index (χ2v) is 5.56. The highest BCUT2D eigenvalue weighted by Gasteiger charge is 2.47. The van der Waals surface area contributed by atoms with Gasteiger partial charge in [0.05, 0.1) is 12.1 Å². The molecule has 8 N–H and O–H groups in total. The molecule has 0 aromatic rings. The lowest BCUT2D eigenvalue weighted by atomic mass is 9.92. The van der Waals surface area contributed by atoms with Crippen molar-refractivity contribution in [3.05, 3.63) is 12.0 Å². The minimum atomic E-state index is -1.48. The van der Waals surface area contributed by atoms with E-state index in [-0.39, 0.29) is 18.0 Å². The Morgan fingerprint density at radius 1 is 1.48 bits per heavy atom. The molecule has 2 rings (SSSR count). The minimum Gasteiger partial charge on any atom is -0.506 e. The lowest BCUT2D eigenvalue weighted by molar-refractivity contribution is -0.142. The van der Waals surface area contributed by atoms with Gasteiger partial charge in [-0.3, -0.25) is 5.41 Å². The van der Waals surface area contributed by atoms with E-state index in [1.54, 1.807) is 6.92 Å². The molecule has 0 aromatic carbocycles. The van der Waals surface area contributed by atoms with Gasteiger partial charge in [0.15, 0.2) is 5.76 Å². The summed E-state index contributed by atoms with van der Waals surface area (Å²) < 4.78 is 5.44. The molecule has 0 amide bonds. The van der Waals surface area contributed by atoms with Crippen LogP contribution >= 0.6 is 0 Å². The minimum absolute atomic E-state index is 0.0447. The molecule has 120 valence electrons. The van der Waals surface area contributed by atoms with Crippen LogP contribution in [0.5, 0.6) is 0 Å². The lowest BCUT2D eigenvalue weighted by Gasteiger charge is -2.33. The molecule has 21 heavy (non-hydrogen) atoms. The number of amidine groups is 1. The molecule has 2 aliphatic rings. The second kappa shape index (κ2) is 6.61. The molecule has 1 aliphatic heterocycles. The van der Waals surface area contributed by atoms with Gasteiger partial charge in [-0.2, -0.15) is 0 Å². The van der Waals surface area contributed by atoms with Gasteiger partial charge in [-0.25, -0.2) is 0 Å². The molecule has 8 nitrogen and oxygen atoms in total. The molecular formula is C13H24N4O4. The number of nitrogens with two attached hydrogens (primary N) is 1. The van der Waals surface area contributed by atoms with Gasteiger partial charge in [-0.15, -0.1) is 0 Å².